The molecule has 0 amide bonds. The van der Waals surface area contributed by atoms with Gasteiger partial charge in [-0.3, -0.25) is 0 Å². The molecule has 5 rings (SSSR count). The molecule has 42 heavy (non-hydrogen) atoms. The summed E-state index contributed by atoms with van der Waals surface area (Å²) >= 11 is -1.77. The van der Waals surface area contributed by atoms with E-state index in [1.54, 1.807) is 0 Å². The summed E-state index contributed by atoms with van der Waals surface area (Å²) in [7, 11) is 11.6. The van der Waals surface area contributed by atoms with E-state index in [2.05, 4.69) is 107 Å². The van der Waals surface area contributed by atoms with Crippen molar-refractivity contribution in [2.75, 3.05) is 4.90 Å². The summed E-state index contributed by atoms with van der Waals surface area (Å²) in [4.78, 5) is 2.59. The summed E-state index contributed by atoms with van der Waals surface area (Å²) in [6.07, 6.45) is 3.40. The second-order valence-electron chi connectivity index (χ2n) is 12.1. The predicted octanol–water partition coefficient (Wildman–Crippen LogP) is 10.6. The van der Waals surface area contributed by atoms with Gasteiger partial charge in [-0.15, -0.1) is 5.41 Å². The molecule has 0 aliphatic carbocycles. The first-order valence-electron chi connectivity index (χ1n) is 14.8. The van der Waals surface area contributed by atoms with Crippen molar-refractivity contribution in [2.24, 2.45) is 0 Å². The Morgan fingerprint density at radius 1 is 0.857 bits per heavy atom. The summed E-state index contributed by atoms with van der Waals surface area (Å²) in [6.45, 7) is 18.2. The molecule has 0 spiro atoms. The van der Waals surface area contributed by atoms with Gasteiger partial charge in [0.15, 0.2) is 0 Å². The van der Waals surface area contributed by atoms with Crippen molar-refractivity contribution >= 4 is 40.5 Å². The van der Waals surface area contributed by atoms with Gasteiger partial charge in [0.25, 0.3) is 0 Å². The first-order valence-corrected chi connectivity index (χ1v) is 20.3. The van der Waals surface area contributed by atoms with Crippen LogP contribution in [0, 0.1) is 6.54 Å². The van der Waals surface area contributed by atoms with Gasteiger partial charge in [0, 0.05) is 11.2 Å². The maximum atomic E-state index is 5.82. The molecule has 0 N–H and O–H groups in total. The van der Waals surface area contributed by atoms with Gasteiger partial charge in [-0.1, -0.05) is 87.0 Å². The Morgan fingerprint density at radius 3 is 2.10 bits per heavy atom. The van der Waals surface area contributed by atoms with Crippen LogP contribution in [0.5, 0.6) is 5.75 Å². The Bertz CT molecular complexity index is 1510. The van der Waals surface area contributed by atoms with E-state index in [4.69, 9.17) is 24.1 Å². The molecular formula is C37H44Cl2NORu-. The van der Waals surface area contributed by atoms with Gasteiger partial charge >= 0.3 is 97.8 Å². The van der Waals surface area contributed by atoms with Crippen LogP contribution in [0.25, 0.3) is 10.8 Å². The molecule has 1 atom stereocenters. The predicted molar refractivity (Wildman–Crippen MR) is 181 cm³/mol. The van der Waals surface area contributed by atoms with Gasteiger partial charge in [0.05, 0.1) is 0 Å². The van der Waals surface area contributed by atoms with Crippen LogP contribution in [0.1, 0.15) is 77.1 Å². The molecule has 0 bridgehead atoms. The van der Waals surface area contributed by atoms with Crippen molar-refractivity contribution in [1.29, 1.82) is 0 Å². The molecule has 226 valence electrons. The van der Waals surface area contributed by atoms with Crippen molar-refractivity contribution in [3.05, 3.63) is 114 Å². The van der Waals surface area contributed by atoms with Crippen molar-refractivity contribution in [1.82, 2.24) is 0 Å². The fraction of sp³-hybridized carbons (Fsp3) is 0.351. The zero-order valence-electron chi connectivity index (χ0n) is 25.9. The molecule has 0 aromatic heterocycles. The minimum atomic E-state index is -1.77. The minimum Gasteiger partial charge on any atom is -0.517 e. The number of para-hydroxylation sites is 2. The van der Waals surface area contributed by atoms with Crippen molar-refractivity contribution in [2.45, 2.75) is 84.8 Å². The van der Waals surface area contributed by atoms with Crippen LogP contribution >= 0.6 is 19.4 Å². The Hall–Kier alpha value is -2.19. The summed E-state index contributed by atoms with van der Waals surface area (Å²) < 4.78 is 7.51. The van der Waals surface area contributed by atoms with Crippen LogP contribution < -0.4 is 9.64 Å². The zero-order valence-corrected chi connectivity index (χ0v) is 29.2. The topological polar surface area (TPSA) is 12.5 Å². The molecular weight excluding hydrogens is 646 g/mol. The molecule has 1 unspecified atom stereocenters. The van der Waals surface area contributed by atoms with Crippen molar-refractivity contribution in [3.8, 4) is 5.75 Å². The summed E-state index contributed by atoms with van der Waals surface area (Å²) in [5.74, 6) is 0.850. The van der Waals surface area contributed by atoms with E-state index in [0.29, 0.717) is 0 Å². The minimum absolute atomic E-state index is 0.0101. The van der Waals surface area contributed by atoms with Crippen LogP contribution in [0.2, 0.25) is 0 Å². The third kappa shape index (κ3) is 7.47. The van der Waals surface area contributed by atoms with E-state index in [9.17, 15) is 0 Å². The number of aryl methyl sites for hydroxylation is 2. The molecule has 5 heteroatoms. The molecule has 1 heterocycles. The number of ether oxygens (including phenoxy) is 1. The molecule has 2 nitrogen and oxygen atoms in total. The van der Waals surface area contributed by atoms with Gasteiger partial charge in [-0.2, -0.15) is 0 Å². The number of rotatable bonds is 7. The number of hydrogen-bond donors (Lipinski definition) is 0. The number of halogens is 2. The molecule has 0 radical (unpaired) electrons. The van der Waals surface area contributed by atoms with Gasteiger partial charge in [-0.25, -0.2) is 6.54 Å². The molecule has 1 fully saturated rings. The van der Waals surface area contributed by atoms with E-state index in [0.717, 1.165) is 30.6 Å². The second kappa shape index (κ2) is 14.1. The molecule has 0 saturated carbocycles. The van der Waals surface area contributed by atoms with Crippen LogP contribution in [-0.4, -0.2) is 16.3 Å². The molecule has 1 aliphatic heterocycles. The third-order valence-electron chi connectivity index (χ3n) is 7.95. The molecule has 4 aromatic rings. The van der Waals surface area contributed by atoms with Gasteiger partial charge in [0.2, 0.25) is 0 Å². The fourth-order valence-electron chi connectivity index (χ4n) is 6.28. The standard InChI is InChI=1S/C27H32N.C10H12O.2ClH.Ru/c1-6-20-13-10-14-21(7-2)25(20)28-19-27(5,18-26(28,3)4)24-17-11-15-22-12-8-9-16-23(22)24;1-8(2)11-10-7-5-4-6-9(10)3;;;/h8-17,19H,6-7,18H2,1-5H3;3-8H,1-2H3;2*1H;/q-1;;;;+2/p-2. The molecule has 4 aromatic carbocycles. The van der Waals surface area contributed by atoms with Crippen LogP contribution in [0.15, 0.2) is 84.9 Å². The maximum absolute atomic E-state index is 5.82. The van der Waals surface area contributed by atoms with Gasteiger partial charge in [-0.05, 0) is 55.0 Å². The first-order chi connectivity index (χ1) is 20.0. The first kappa shape index (κ1) is 32.7. The second-order valence-corrected chi connectivity index (χ2v) is 17.8. The van der Waals surface area contributed by atoms with Crippen LogP contribution in [0.3, 0.4) is 0 Å². The number of benzene rings is 4. The SMILES string of the molecule is CC(C)Oc1ccccc1[CH]=[Ru]([Cl])[Cl].CCc1cccc(CC)c1N1[CH-]C(C)(c2cccc3ccccc23)CC1(C)C. The monoisotopic (exact) mass is 690 g/mol. The summed E-state index contributed by atoms with van der Waals surface area (Å²) in [6, 6.07) is 30.1. The number of anilines is 1. The van der Waals surface area contributed by atoms with Crippen LogP contribution in [0.4, 0.5) is 5.69 Å². The van der Waals surface area contributed by atoms with Crippen molar-refractivity contribution in [3.63, 3.8) is 0 Å². The Kier molecular flexibility index (Phi) is 11.0. The number of fused-ring (bicyclic) bond motifs is 1. The Labute approximate surface area is 266 Å². The third-order valence-corrected chi connectivity index (χ3v) is 9.78. The molecule has 1 saturated heterocycles. The smallest absolute Gasteiger partial charge is 0.0140 e. The Balaban J connectivity index is 0.000000244. The van der Waals surface area contributed by atoms with E-state index in [1.165, 1.54) is 33.2 Å². The number of nitrogens with zero attached hydrogens (tertiary/aromatic N) is 1. The average Bonchev–Trinajstić information content (AvgIpc) is 3.21. The van der Waals surface area contributed by atoms with E-state index in [-0.39, 0.29) is 17.1 Å². The summed E-state index contributed by atoms with van der Waals surface area (Å²) in [5, 5.41) is 2.70. The van der Waals surface area contributed by atoms with E-state index >= 15 is 0 Å². The molecule has 1 aliphatic rings. The maximum Gasteiger partial charge on any atom is 0.0140 e. The van der Waals surface area contributed by atoms with E-state index < -0.39 is 13.5 Å². The number of hydrogen-bond acceptors (Lipinski definition) is 2. The van der Waals surface area contributed by atoms with Gasteiger partial charge in [0.1, 0.15) is 0 Å². The van der Waals surface area contributed by atoms with E-state index in [1.807, 2.05) is 42.7 Å². The van der Waals surface area contributed by atoms with Gasteiger partial charge < -0.3 is 4.90 Å². The van der Waals surface area contributed by atoms with Crippen LogP contribution in [-0.2, 0) is 31.8 Å². The largest absolute Gasteiger partial charge is 0.517 e. The van der Waals surface area contributed by atoms with Crippen molar-refractivity contribution < 1.29 is 18.3 Å². The average molecular weight is 691 g/mol. The zero-order chi connectivity index (χ0) is 30.5. The fourth-order valence-corrected chi connectivity index (χ4v) is 8.08. The Morgan fingerprint density at radius 2 is 1.45 bits per heavy atom. The summed E-state index contributed by atoms with van der Waals surface area (Å²) in [5.41, 5.74) is 6.84. The normalized spacial score (nSPS) is 18.0. The quantitative estimate of drug-likeness (QED) is 0.141.